The number of hydrogen-bond donors (Lipinski definition) is 0. The Morgan fingerprint density at radius 2 is 1.88 bits per heavy atom. The third-order valence-electron chi connectivity index (χ3n) is 4.81. The van der Waals surface area contributed by atoms with Crippen LogP contribution in [0.4, 0.5) is 0 Å². The number of sulfonamides is 1. The Labute approximate surface area is 148 Å². The largest absolute Gasteiger partial charge is 0.339 e. The molecule has 2 aliphatic heterocycles. The summed E-state index contributed by atoms with van der Waals surface area (Å²) in [6.45, 7) is 4.52. The molecule has 1 amide bonds. The Kier molecular flexibility index (Phi) is 5.18. The lowest BCUT2D eigenvalue weighted by molar-refractivity contribution is 0.0792. The molecular formula is C17H23ClN2O3S. The number of halogens is 1. The summed E-state index contributed by atoms with van der Waals surface area (Å²) in [5.41, 5.74) is 0.393. The van der Waals surface area contributed by atoms with E-state index in [2.05, 4.69) is 6.92 Å². The SMILES string of the molecule is CC1CCCN(S(=O)(=O)c2cc(C(=O)N3CCCC3)ccc2Cl)C1. The number of likely N-dealkylation sites (tertiary alicyclic amines) is 1. The molecule has 0 spiro atoms. The predicted octanol–water partition coefficient (Wildman–Crippen LogP) is 3.00. The Morgan fingerprint density at radius 3 is 2.54 bits per heavy atom. The van der Waals surface area contributed by atoms with Crippen LogP contribution in [0, 0.1) is 5.92 Å². The summed E-state index contributed by atoms with van der Waals surface area (Å²) >= 11 is 6.17. The molecule has 0 bridgehead atoms. The molecule has 2 fully saturated rings. The van der Waals surface area contributed by atoms with E-state index < -0.39 is 10.0 Å². The van der Waals surface area contributed by atoms with Crippen molar-refractivity contribution in [3.05, 3.63) is 28.8 Å². The zero-order valence-corrected chi connectivity index (χ0v) is 15.4. The summed E-state index contributed by atoms with van der Waals surface area (Å²) < 4.78 is 27.4. The summed E-state index contributed by atoms with van der Waals surface area (Å²) in [4.78, 5) is 14.4. The molecule has 0 radical (unpaired) electrons. The first-order chi connectivity index (χ1) is 11.4. The van der Waals surface area contributed by atoms with Crippen LogP contribution in [-0.2, 0) is 10.0 Å². The van der Waals surface area contributed by atoms with Crippen LogP contribution in [0.25, 0.3) is 0 Å². The summed E-state index contributed by atoms with van der Waals surface area (Å²) in [7, 11) is -3.67. The van der Waals surface area contributed by atoms with Crippen molar-refractivity contribution in [2.24, 2.45) is 5.92 Å². The van der Waals surface area contributed by atoms with Crippen molar-refractivity contribution >= 4 is 27.5 Å². The van der Waals surface area contributed by atoms with E-state index >= 15 is 0 Å². The average molecular weight is 371 g/mol. The third kappa shape index (κ3) is 3.46. The van der Waals surface area contributed by atoms with Crippen LogP contribution in [-0.4, -0.2) is 49.7 Å². The Morgan fingerprint density at radius 1 is 1.17 bits per heavy atom. The molecule has 3 rings (SSSR count). The van der Waals surface area contributed by atoms with Crippen molar-refractivity contribution in [3.8, 4) is 0 Å². The summed E-state index contributed by atoms with van der Waals surface area (Å²) in [6.07, 6.45) is 3.88. The van der Waals surface area contributed by atoms with Crippen LogP contribution >= 0.6 is 11.6 Å². The zero-order valence-electron chi connectivity index (χ0n) is 13.9. The minimum atomic E-state index is -3.67. The fourth-order valence-corrected chi connectivity index (χ4v) is 5.54. The van der Waals surface area contributed by atoms with Crippen LogP contribution in [0.5, 0.6) is 0 Å². The highest BCUT2D eigenvalue weighted by atomic mass is 35.5. The van der Waals surface area contributed by atoms with Crippen molar-refractivity contribution in [3.63, 3.8) is 0 Å². The molecule has 132 valence electrons. The molecule has 5 nitrogen and oxygen atoms in total. The number of carbonyl (C=O) groups excluding carboxylic acids is 1. The van der Waals surface area contributed by atoms with Crippen LogP contribution in [0.2, 0.25) is 5.02 Å². The van der Waals surface area contributed by atoms with Crippen molar-refractivity contribution in [2.45, 2.75) is 37.5 Å². The molecule has 1 unspecified atom stereocenters. The highest BCUT2D eigenvalue weighted by Crippen LogP contribution is 2.29. The van der Waals surface area contributed by atoms with E-state index in [4.69, 9.17) is 11.6 Å². The highest BCUT2D eigenvalue weighted by molar-refractivity contribution is 7.89. The fraction of sp³-hybridized carbons (Fsp3) is 0.588. The second-order valence-electron chi connectivity index (χ2n) is 6.75. The maximum Gasteiger partial charge on any atom is 0.253 e. The molecule has 1 aromatic rings. The van der Waals surface area contributed by atoms with Gasteiger partial charge in [-0.05, 0) is 49.8 Å². The van der Waals surface area contributed by atoms with E-state index in [0.717, 1.165) is 38.8 Å². The van der Waals surface area contributed by atoms with Gasteiger partial charge in [0.15, 0.2) is 0 Å². The molecule has 2 aliphatic rings. The quantitative estimate of drug-likeness (QED) is 0.821. The van der Waals surface area contributed by atoms with Gasteiger partial charge in [0.2, 0.25) is 10.0 Å². The van der Waals surface area contributed by atoms with Gasteiger partial charge in [-0.1, -0.05) is 18.5 Å². The molecule has 0 saturated carbocycles. The summed E-state index contributed by atoms with van der Waals surface area (Å²) in [5.74, 6) is 0.217. The van der Waals surface area contributed by atoms with Gasteiger partial charge in [-0.25, -0.2) is 8.42 Å². The van der Waals surface area contributed by atoms with Gasteiger partial charge in [-0.3, -0.25) is 4.79 Å². The minimum Gasteiger partial charge on any atom is -0.339 e. The van der Waals surface area contributed by atoms with Gasteiger partial charge < -0.3 is 4.90 Å². The van der Waals surface area contributed by atoms with Crippen LogP contribution in [0.15, 0.2) is 23.1 Å². The highest BCUT2D eigenvalue weighted by Gasteiger charge is 2.31. The molecule has 2 saturated heterocycles. The maximum absolute atomic E-state index is 13.0. The van der Waals surface area contributed by atoms with E-state index in [9.17, 15) is 13.2 Å². The summed E-state index contributed by atoms with van der Waals surface area (Å²) in [6, 6.07) is 4.57. The molecular weight excluding hydrogens is 348 g/mol. The van der Waals surface area contributed by atoms with E-state index in [1.54, 1.807) is 11.0 Å². The molecule has 0 aliphatic carbocycles. The van der Waals surface area contributed by atoms with E-state index in [-0.39, 0.29) is 15.8 Å². The first kappa shape index (κ1) is 17.7. The smallest absolute Gasteiger partial charge is 0.253 e. The van der Waals surface area contributed by atoms with E-state index in [1.807, 2.05) is 0 Å². The lowest BCUT2D eigenvalue weighted by atomic mass is 10.0. The Bertz CT molecular complexity index is 729. The van der Waals surface area contributed by atoms with Crippen molar-refractivity contribution < 1.29 is 13.2 Å². The lowest BCUT2D eigenvalue weighted by Gasteiger charge is -2.30. The van der Waals surface area contributed by atoms with Gasteiger partial charge in [0.25, 0.3) is 5.91 Å². The Hall–Kier alpha value is -1.11. The van der Waals surface area contributed by atoms with Gasteiger partial charge in [0.1, 0.15) is 4.90 Å². The fourth-order valence-electron chi connectivity index (χ4n) is 3.44. The third-order valence-corrected chi connectivity index (χ3v) is 7.16. The van der Waals surface area contributed by atoms with Gasteiger partial charge in [0, 0.05) is 31.7 Å². The van der Waals surface area contributed by atoms with Crippen molar-refractivity contribution in [2.75, 3.05) is 26.2 Å². The number of carbonyl (C=O) groups is 1. The van der Waals surface area contributed by atoms with Gasteiger partial charge >= 0.3 is 0 Å². The lowest BCUT2D eigenvalue weighted by Crippen LogP contribution is -2.39. The predicted molar refractivity (Wildman–Crippen MR) is 93.7 cm³/mol. The number of amides is 1. The molecule has 0 aromatic heterocycles. The molecule has 2 heterocycles. The molecule has 1 atom stereocenters. The standard InChI is InChI=1S/C17H23ClN2O3S/c1-13-5-4-10-20(12-13)24(22,23)16-11-14(6-7-15(16)18)17(21)19-8-2-3-9-19/h6-7,11,13H,2-5,8-10,12H2,1H3. The minimum absolute atomic E-state index is 0.0447. The van der Waals surface area contributed by atoms with Gasteiger partial charge in [-0.2, -0.15) is 4.31 Å². The number of piperidine rings is 1. The van der Waals surface area contributed by atoms with E-state index in [0.29, 0.717) is 24.6 Å². The second kappa shape index (κ2) is 7.02. The maximum atomic E-state index is 13.0. The topological polar surface area (TPSA) is 57.7 Å². The average Bonchev–Trinajstić information content (AvgIpc) is 3.09. The molecule has 24 heavy (non-hydrogen) atoms. The Balaban J connectivity index is 1.92. The number of nitrogens with zero attached hydrogens (tertiary/aromatic N) is 2. The molecule has 0 N–H and O–H groups in total. The zero-order chi connectivity index (χ0) is 17.3. The molecule has 1 aromatic carbocycles. The number of benzene rings is 1. The normalized spacial score (nSPS) is 22.8. The second-order valence-corrected chi connectivity index (χ2v) is 9.07. The first-order valence-electron chi connectivity index (χ1n) is 8.48. The molecule has 7 heteroatoms. The van der Waals surface area contributed by atoms with Crippen LogP contribution in [0.3, 0.4) is 0 Å². The van der Waals surface area contributed by atoms with Crippen LogP contribution < -0.4 is 0 Å². The first-order valence-corrected chi connectivity index (χ1v) is 10.3. The number of rotatable bonds is 3. The van der Waals surface area contributed by atoms with E-state index in [1.165, 1.54) is 16.4 Å². The monoisotopic (exact) mass is 370 g/mol. The van der Waals surface area contributed by atoms with Crippen LogP contribution in [0.1, 0.15) is 43.0 Å². The van der Waals surface area contributed by atoms with Crippen molar-refractivity contribution in [1.82, 2.24) is 9.21 Å². The van der Waals surface area contributed by atoms with Gasteiger partial charge in [0.05, 0.1) is 5.02 Å². The van der Waals surface area contributed by atoms with Crippen molar-refractivity contribution in [1.29, 1.82) is 0 Å². The summed E-state index contributed by atoms with van der Waals surface area (Å²) in [5, 5.41) is 0.172. The van der Waals surface area contributed by atoms with Gasteiger partial charge in [-0.15, -0.1) is 0 Å². The number of hydrogen-bond acceptors (Lipinski definition) is 3.